The van der Waals surface area contributed by atoms with Crippen LogP contribution in [0.25, 0.3) is 5.69 Å². The minimum atomic E-state index is -1.51. The first-order chi connectivity index (χ1) is 12.7. The molecule has 1 aromatic carbocycles. The number of nitrogens with zero attached hydrogens (tertiary/aromatic N) is 3. The average Bonchev–Trinajstić information content (AvgIpc) is 2.98. The van der Waals surface area contributed by atoms with Gasteiger partial charge in [0.2, 0.25) is 0 Å². The third kappa shape index (κ3) is 3.81. The molecule has 27 heavy (non-hydrogen) atoms. The average molecular weight is 382 g/mol. The van der Waals surface area contributed by atoms with Gasteiger partial charge in [-0.15, -0.1) is 5.54 Å². The lowest BCUT2D eigenvalue weighted by molar-refractivity contribution is 0.0516. The molecule has 7 heteroatoms. The van der Waals surface area contributed by atoms with Crippen LogP contribution in [0.3, 0.4) is 0 Å². The van der Waals surface area contributed by atoms with Gasteiger partial charge in [0.1, 0.15) is 14.4 Å². The number of hydrogen-bond acceptors (Lipinski definition) is 4. The van der Waals surface area contributed by atoms with E-state index in [0.29, 0.717) is 16.9 Å². The maximum Gasteiger partial charge on any atom is 0.358 e. The zero-order chi connectivity index (χ0) is 19.8. The van der Waals surface area contributed by atoms with E-state index in [1.54, 1.807) is 29.8 Å². The Morgan fingerprint density at radius 1 is 1.33 bits per heavy atom. The first-order valence-corrected chi connectivity index (χ1v) is 12.4. The van der Waals surface area contributed by atoms with Crippen LogP contribution in [0, 0.1) is 11.5 Å². The number of benzene rings is 1. The molecule has 0 aliphatic carbocycles. The Balaban J connectivity index is 2.12. The first-order valence-electron chi connectivity index (χ1n) is 8.87. The topological polar surface area (TPSA) is 64.4 Å². The summed E-state index contributed by atoms with van der Waals surface area (Å²) in [5.74, 6) is 2.61. The first kappa shape index (κ1) is 18.9. The maximum absolute atomic E-state index is 12.9. The summed E-state index contributed by atoms with van der Waals surface area (Å²) in [5, 5.41) is 0. The molecule has 2 heterocycles. The van der Waals surface area contributed by atoms with Gasteiger partial charge in [0.15, 0.2) is 5.69 Å². The van der Waals surface area contributed by atoms with Crippen molar-refractivity contribution in [2.75, 3.05) is 13.7 Å². The molecule has 0 bridgehead atoms. The fraction of sp³-hybridized carbons (Fsp3) is 0.350. The van der Waals surface area contributed by atoms with Gasteiger partial charge in [-0.2, -0.15) is 0 Å². The maximum atomic E-state index is 12.9. The largest absolute Gasteiger partial charge is 0.461 e. The highest BCUT2D eigenvalue weighted by atomic mass is 28.3. The molecule has 0 fully saturated rings. The van der Waals surface area contributed by atoms with Crippen LogP contribution in [0.15, 0.2) is 24.5 Å². The van der Waals surface area contributed by atoms with Gasteiger partial charge in [-0.3, -0.25) is 9.36 Å². The molecule has 3 rings (SSSR count). The second-order valence-electron chi connectivity index (χ2n) is 7.52. The summed E-state index contributed by atoms with van der Waals surface area (Å²) in [6.45, 7) is 8.83. The van der Waals surface area contributed by atoms with Crippen molar-refractivity contribution in [1.29, 1.82) is 0 Å². The minimum Gasteiger partial charge on any atom is -0.461 e. The van der Waals surface area contributed by atoms with Crippen molar-refractivity contribution in [1.82, 2.24) is 14.5 Å². The van der Waals surface area contributed by atoms with E-state index >= 15 is 0 Å². The summed E-state index contributed by atoms with van der Waals surface area (Å²) >= 11 is 0. The van der Waals surface area contributed by atoms with Crippen molar-refractivity contribution >= 4 is 20.0 Å². The van der Waals surface area contributed by atoms with Crippen LogP contribution in [0.5, 0.6) is 0 Å². The summed E-state index contributed by atoms with van der Waals surface area (Å²) in [4.78, 5) is 30.9. The molecule has 0 N–H and O–H groups in total. The zero-order valence-electron chi connectivity index (χ0n) is 16.3. The van der Waals surface area contributed by atoms with Gasteiger partial charge in [0.25, 0.3) is 5.91 Å². The predicted molar refractivity (Wildman–Crippen MR) is 106 cm³/mol. The number of imidazole rings is 1. The molecule has 0 saturated carbocycles. The Labute approximate surface area is 160 Å². The van der Waals surface area contributed by atoms with Gasteiger partial charge in [-0.1, -0.05) is 25.6 Å². The smallest absolute Gasteiger partial charge is 0.358 e. The normalized spacial score (nSPS) is 13.2. The van der Waals surface area contributed by atoms with E-state index in [2.05, 4.69) is 36.1 Å². The van der Waals surface area contributed by atoms with Gasteiger partial charge in [-0.05, 0) is 25.1 Å². The summed E-state index contributed by atoms with van der Waals surface area (Å²) in [5.41, 5.74) is 6.26. The number of hydrogen-bond donors (Lipinski definition) is 0. The van der Waals surface area contributed by atoms with Crippen LogP contribution < -0.4 is 0 Å². The standard InChI is InChI=1S/C20H23N3O3Si/c1-6-26-20(25)18-17-12-22(2)19(24)15-11-14(9-10-27(3,4)5)7-8-16(15)23(17)13-21-18/h7-8,11,13H,6,12H2,1-5H3. The van der Waals surface area contributed by atoms with Gasteiger partial charge in [0.05, 0.1) is 30.1 Å². The third-order valence-electron chi connectivity index (χ3n) is 4.14. The quantitative estimate of drug-likeness (QED) is 0.456. The number of ether oxygens (including phenoxy) is 1. The molecular formula is C20H23N3O3Si. The molecular weight excluding hydrogens is 358 g/mol. The van der Waals surface area contributed by atoms with E-state index in [1.165, 1.54) is 0 Å². The van der Waals surface area contributed by atoms with E-state index in [4.69, 9.17) is 4.74 Å². The van der Waals surface area contributed by atoms with E-state index < -0.39 is 14.0 Å². The van der Waals surface area contributed by atoms with Crippen LogP contribution in [-0.2, 0) is 11.3 Å². The molecule has 0 spiro atoms. The number of esters is 1. The van der Waals surface area contributed by atoms with Crippen LogP contribution in [0.2, 0.25) is 19.6 Å². The van der Waals surface area contributed by atoms with E-state index in [0.717, 1.165) is 5.56 Å². The number of carbonyl (C=O) groups excluding carboxylic acids is 2. The highest BCUT2D eigenvalue weighted by molar-refractivity contribution is 6.83. The highest BCUT2D eigenvalue weighted by Gasteiger charge is 2.29. The van der Waals surface area contributed by atoms with Crippen molar-refractivity contribution in [3.8, 4) is 17.2 Å². The zero-order valence-corrected chi connectivity index (χ0v) is 17.3. The van der Waals surface area contributed by atoms with Crippen LogP contribution >= 0.6 is 0 Å². The Kier molecular flexibility index (Phi) is 4.94. The molecule has 1 aliphatic rings. The van der Waals surface area contributed by atoms with Crippen molar-refractivity contribution in [2.45, 2.75) is 33.1 Å². The molecule has 0 saturated heterocycles. The molecule has 140 valence electrons. The molecule has 0 unspecified atom stereocenters. The Bertz CT molecular complexity index is 977. The number of carbonyl (C=O) groups is 2. The van der Waals surface area contributed by atoms with E-state index in [9.17, 15) is 9.59 Å². The van der Waals surface area contributed by atoms with Gasteiger partial charge < -0.3 is 9.64 Å². The second-order valence-corrected chi connectivity index (χ2v) is 12.3. The SMILES string of the molecule is CCOC(=O)c1ncn2c1CN(C)C(=O)c1cc(C#C[Si](C)(C)C)ccc1-2. The molecule has 0 atom stereocenters. The summed E-state index contributed by atoms with van der Waals surface area (Å²) in [6.07, 6.45) is 1.57. The van der Waals surface area contributed by atoms with E-state index in [-0.39, 0.29) is 24.8 Å². The van der Waals surface area contributed by atoms with E-state index in [1.807, 2.05) is 18.2 Å². The summed E-state index contributed by atoms with van der Waals surface area (Å²) < 4.78 is 6.88. The molecule has 1 amide bonds. The monoisotopic (exact) mass is 381 g/mol. The fourth-order valence-electron chi connectivity index (χ4n) is 2.86. The number of rotatable bonds is 2. The number of fused-ring (bicyclic) bond motifs is 3. The van der Waals surface area contributed by atoms with Crippen molar-refractivity contribution in [3.05, 3.63) is 47.0 Å². The summed E-state index contributed by atoms with van der Waals surface area (Å²) in [7, 11) is 0.199. The van der Waals surface area contributed by atoms with Crippen LogP contribution in [-0.4, -0.2) is 48.1 Å². The number of aromatic nitrogens is 2. The Morgan fingerprint density at radius 3 is 2.74 bits per heavy atom. The Hall–Kier alpha value is -2.85. The number of amides is 1. The lowest BCUT2D eigenvalue weighted by Crippen LogP contribution is -2.26. The fourth-order valence-corrected chi connectivity index (χ4v) is 3.38. The highest BCUT2D eigenvalue weighted by Crippen LogP contribution is 2.26. The second kappa shape index (κ2) is 7.04. The van der Waals surface area contributed by atoms with Crippen LogP contribution in [0.4, 0.5) is 0 Å². The summed E-state index contributed by atoms with van der Waals surface area (Å²) in [6, 6.07) is 5.58. The van der Waals surface area contributed by atoms with Gasteiger partial charge >= 0.3 is 5.97 Å². The third-order valence-corrected chi connectivity index (χ3v) is 5.01. The van der Waals surface area contributed by atoms with Crippen molar-refractivity contribution in [3.63, 3.8) is 0 Å². The van der Waals surface area contributed by atoms with Crippen molar-refractivity contribution in [2.24, 2.45) is 0 Å². The van der Waals surface area contributed by atoms with Gasteiger partial charge in [0, 0.05) is 12.6 Å². The minimum absolute atomic E-state index is 0.111. The molecule has 6 nitrogen and oxygen atoms in total. The molecule has 0 radical (unpaired) electrons. The molecule has 1 aliphatic heterocycles. The predicted octanol–water partition coefficient (Wildman–Crippen LogP) is 2.86. The lowest BCUT2D eigenvalue weighted by atomic mass is 10.1. The van der Waals surface area contributed by atoms with Crippen LogP contribution in [0.1, 0.15) is 39.0 Å². The Morgan fingerprint density at radius 2 is 2.07 bits per heavy atom. The lowest BCUT2D eigenvalue weighted by Gasteiger charge is -2.14. The van der Waals surface area contributed by atoms with Crippen molar-refractivity contribution < 1.29 is 14.3 Å². The molecule has 2 aromatic rings. The van der Waals surface area contributed by atoms with Gasteiger partial charge in [-0.25, -0.2) is 9.78 Å². The molecule has 1 aromatic heterocycles.